The third-order valence-electron chi connectivity index (χ3n) is 5.81. The van der Waals surface area contributed by atoms with E-state index in [0.29, 0.717) is 18.5 Å². The molecule has 0 saturated carbocycles. The second-order valence-electron chi connectivity index (χ2n) is 8.15. The molecule has 2 amide bonds. The van der Waals surface area contributed by atoms with Gasteiger partial charge in [0, 0.05) is 11.4 Å². The lowest BCUT2D eigenvalue weighted by Gasteiger charge is -2.24. The molecule has 0 heterocycles. The average molecular weight is 465 g/mol. The number of hydrogen-bond donors (Lipinski definition) is 3. The summed E-state index contributed by atoms with van der Waals surface area (Å²) in [5, 5.41) is 14.8. The summed E-state index contributed by atoms with van der Waals surface area (Å²) in [6.07, 6.45) is 5.01. The fraction of sp³-hybridized carbons (Fsp3) is 0.308. The summed E-state index contributed by atoms with van der Waals surface area (Å²) in [4.78, 5) is 48.6. The Morgan fingerprint density at radius 1 is 0.971 bits per heavy atom. The van der Waals surface area contributed by atoms with Gasteiger partial charge in [0.15, 0.2) is 6.61 Å². The van der Waals surface area contributed by atoms with E-state index in [1.54, 1.807) is 12.2 Å². The molecule has 3 N–H and O–H groups in total. The van der Waals surface area contributed by atoms with E-state index in [4.69, 9.17) is 4.74 Å². The maximum atomic E-state index is 12.6. The number of carbonyl (C=O) groups excluding carboxylic acids is 3. The molecule has 2 aromatic rings. The molecule has 34 heavy (non-hydrogen) atoms. The molecule has 0 aliphatic heterocycles. The Kier molecular flexibility index (Phi) is 8.19. The number of nitrogens with one attached hydrogen (secondary N) is 2. The Bertz CT molecular complexity index is 1110. The Hall–Kier alpha value is -3.94. The third-order valence-corrected chi connectivity index (χ3v) is 5.81. The highest BCUT2D eigenvalue weighted by atomic mass is 16.5. The predicted octanol–water partition coefficient (Wildman–Crippen LogP) is 3.96. The monoisotopic (exact) mass is 464 g/mol. The molecule has 1 aliphatic rings. The van der Waals surface area contributed by atoms with Crippen molar-refractivity contribution in [3.63, 3.8) is 0 Å². The fourth-order valence-corrected chi connectivity index (χ4v) is 3.89. The second-order valence-corrected chi connectivity index (χ2v) is 8.15. The third kappa shape index (κ3) is 6.10. The lowest BCUT2D eigenvalue weighted by atomic mass is 9.82. The smallest absolute Gasteiger partial charge is 0.338 e. The number of rotatable bonds is 8. The molecular weight excluding hydrogens is 436 g/mol. The predicted molar refractivity (Wildman–Crippen MR) is 128 cm³/mol. The lowest BCUT2D eigenvalue weighted by Crippen LogP contribution is -2.34. The van der Waals surface area contributed by atoms with Crippen molar-refractivity contribution in [1.82, 2.24) is 0 Å². The summed E-state index contributed by atoms with van der Waals surface area (Å²) in [5.74, 6) is -3.91. The number of esters is 1. The first-order chi connectivity index (χ1) is 16.3. The molecule has 0 fully saturated rings. The number of carbonyl (C=O) groups is 4. The van der Waals surface area contributed by atoms with Crippen molar-refractivity contribution in [2.75, 3.05) is 17.2 Å². The number of aryl methyl sites for hydroxylation is 2. The number of allylic oxidation sites excluding steroid dienone is 2. The summed E-state index contributed by atoms with van der Waals surface area (Å²) in [7, 11) is 0. The van der Waals surface area contributed by atoms with Crippen molar-refractivity contribution in [3.8, 4) is 0 Å². The molecule has 0 radical (unpaired) electrons. The van der Waals surface area contributed by atoms with E-state index < -0.39 is 36.3 Å². The molecule has 0 bridgehead atoms. The summed E-state index contributed by atoms with van der Waals surface area (Å²) in [5.41, 5.74) is 3.31. The summed E-state index contributed by atoms with van der Waals surface area (Å²) < 4.78 is 5.12. The number of carboxylic acid groups (broad SMARTS) is 1. The van der Waals surface area contributed by atoms with Crippen LogP contribution in [0.3, 0.4) is 0 Å². The van der Waals surface area contributed by atoms with Crippen molar-refractivity contribution in [2.45, 2.75) is 33.1 Å². The molecule has 0 spiro atoms. The molecule has 0 saturated heterocycles. The number of benzene rings is 2. The summed E-state index contributed by atoms with van der Waals surface area (Å²) in [6.45, 7) is 3.46. The number of aliphatic carboxylic acids is 1. The van der Waals surface area contributed by atoms with Crippen LogP contribution in [0.2, 0.25) is 0 Å². The number of ether oxygens (including phenoxy) is 1. The van der Waals surface area contributed by atoms with Crippen LogP contribution in [-0.2, 0) is 25.5 Å². The van der Waals surface area contributed by atoms with Crippen LogP contribution in [0.25, 0.3) is 0 Å². The van der Waals surface area contributed by atoms with Crippen molar-refractivity contribution in [1.29, 1.82) is 0 Å². The van der Waals surface area contributed by atoms with Crippen LogP contribution >= 0.6 is 0 Å². The van der Waals surface area contributed by atoms with Gasteiger partial charge in [-0.2, -0.15) is 0 Å². The number of para-hydroxylation sites is 1. The van der Waals surface area contributed by atoms with Crippen LogP contribution in [0.4, 0.5) is 11.4 Å². The van der Waals surface area contributed by atoms with Gasteiger partial charge in [-0.25, -0.2) is 4.79 Å². The van der Waals surface area contributed by atoms with Gasteiger partial charge in [-0.1, -0.05) is 37.3 Å². The van der Waals surface area contributed by atoms with Gasteiger partial charge in [-0.15, -0.1) is 0 Å². The molecular formula is C26H28N2O6. The first-order valence-corrected chi connectivity index (χ1v) is 11.1. The zero-order valence-corrected chi connectivity index (χ0v) is 19.2. The normalized spacial score (nSPS) is 17.0. The molecule has 1 aliphatic carbocycles. The zero-order valence-electron chi connectivity index (χ0n) is 19.2. The van der Waals surface area contributed by atoms with Gasteiger partial charge in [-0.3, -0.25) is 14.4 Å². The first kappa shape index (κ1) is 24.7. The van der Waals surface area contributed by atoms with Gasteiger partial charge in [0.25, 0.3) is 5.91 Å². The molecule has 8 heteroatoms. The van der Waals surface area contributed by atoms with Crippen molar-refractivity contribution in [3.05, 3.63) is 71.3 Å². The molecule has 2 atom stereocenters. The van der Waals surface area contributed by atoms with Crippen LogP contribution in [0.5, 0.6) is 0 Å². The largest absolute Gasteiger partial charge is 0.481 e. The summed E-state index contributed by atoms with van der Waals surface area (Å²) >= 11 is 0. The molecule has 178 valence electrons. The SMILES string of the molecule is CCc1cccc(C)c1NC(=O)COC(=O)c1ccc(NC(=O)[C@H]2CC=CC[C@H]2C(=O)O)cc1. The van der Waals surface area contributed by atoms with Crippen molar-refractivity contribution < 1.29 is 29.0 Å². The molecule has 0 aromatic heterocycles. The highest BCUT2D eigenvalue weighted by Crippen LogP contribution is 2.27. The minimum atomic E-state index is -1.00. The van der Waals surface area contributed by atoms with Gasteiger partial charge in [-0.05, 0) is 61.6 Å². The number of carboxylic acids is 1. The molecule has 8 nitrogen and oxygen atoms in total. The van der Waals surface area contributed by atoms with E-state index in [1.807, 2.05) is 32.0 Å². The number of hydrogen-bond acceptors (Lipinski definition) is 5. The highest BCUT2D eigenvalue weighted by molar-refractivity contribution is 5.98. The molecule has 0 unspecified atom stereocenters. The fourth-order valence-electron chi connectivity index (χ4n) is 3.89. The standard InChI is InChI=1S/C26H28N2O6/c1-3-17-8-6-7-16(2)23(17)28-22(29)15-34-26(33)18-11-13-19(14-12-18)27-24(30)20-9-4-5-10-21(20)25(31)32/h4-8,11-14,20-21H,3,9-10,15H2,1-2H3,(H,27,30)(H,28,29)(H,31,32)/t20-,21+/m0/s1. The quantitative estimate of drug-likeness (QED) is 0.402. The lowest BCUT2D eigenvalue weighted by molar-refractivity contribution is -0.146. The van der Waals surface area contributed by atoms with Crippen LogP contribution < -0.4 is 10.6 Å². The highest BCUT2D eigenvalue weighted by Gasteiger charge is 2.33. The summed E-state index contributed by atoms with van der Waals surface area (Å²) in [6, 6.07) is 11.8. The Morgan fingerprint density at radius 3 is 2.29 bits per heavy atom. The van der Waals surface area contributed by atoms with Crippen molar-refractivity contribution in [2.24, 2.45) is 11.8 Å². The average Bonchev–Trinajstić information content (AvgIpc) is 2.84. The van der Waals surface area contributed by atoms with E-state index in [2.05, 4.69) is 10.6 Å². The zero-order chi connectivity index (χ0) is 24.7. The second kappa shape index (κ2) is 11.3. The van der Waals surface area contributed by atoms with Gasteiger partial charge in [0.1, 0.15) is 0 Å². The first-order valence-electron chi connectivity index (χ1n) is 11.1. The van der Waals surface area contributed by atoms with Gasteiger partial charge < -0.3 is 20.5 Å². The van der Waals surface area contributed by atoms with Crippen molar-refractivity contribution >= 4 is 35.1 Å². The van der Waals surface area contributed by atoms with Crippen LogP contribution in [0.15, 0.2) is 54.6 Å². The maximum absolute atomic E-state index is 12.6. The number of amides is 2. The van der Waals surface area contributed by atoms with Gasteiger partial charge in [0.05, 0.1) is 17.4 Å². The van der Waals surface area contributed by atoms with E-state index in [-0.39, 0.29) is 11.5 Å². The molecule has 3 rings (SSSR count). The van der Waals surface area contributed by atoms with Gasteiger partial charge >= 0.3 is 11.9 Å². The number of anilines is 2. The minimum absolute atomic E-state index is 0.222. The Labute approximate surface area is 198 Å². The topological polar surface area (TPSA) is 122 Å². The van der Waals surface area contributed by atoms with Crippen LogP contribution in [-0.4, -0.2) is 35.5 Å². The molecule has 2 aromatic carbocycles. The van der Waals surface area contributed by atoms with E-state index >= 15 is 0 Å². The van der Waals surface area contributed by atoms with E-state index in [0.717, 1.165) is 23.2 Å². The van der Waals surface area contributed by atoms with Crippen LogP contribution in [0.1, 0.15) is 41.3 Å². The van der Waals surface area contributed by atoms with E-state index in [9.17, 15) is 24.3 Å². The Morgan fingerprint density at radius 2 is 1.65 bits per heavy atom. The van der Waals surface area contributed by atoms with E-state index in [1.165, 1.54) is 24.3 Å². The Balaban J connectivity index is 1.54. The maximum Gasteiger partial charge on any atom is 0.338 e. The van der Waals surface area contributed by atoms with Gasteiger partial charge in [0.2, 0.25) is 5.91 Å². The minimum Gasteiger partial charge on any atom is -0.481 e. The van der Waals surface area contributed by atoms with Crippen LogP contribution in [0, 0.1) is 18.8 Å².